The summed E-state index contributed by atoms with van der Waals surface area (Å²) in [5.41, 5.74) is 0.516. The van der Waals surface area contributed by atoms with Crippen LogP contribution in [-0.2, 0) is 4.74 Å². The fourth-order valence-electron chi connectivity index (χ4n) is 0.918. The molecular formula is C11H24O. The van der Waals surface area contributed by atoms with Crippen LogP contribution in [0.2, 0.25) is 0 Å². The Morgan fingerprint density at radius 2 is 1.50 bits per heavy atom. The summed E-state index contributed by atoms with van der Waals surface area (Å²) < 4.78 is 5.38. The van der Waals surface area contributed by atoms with Gasteiger partial charge >= 0.3 is 0 Å². The van der Waals surface area contributed by atoms with Crippen molar-refractivity contribution in [2.24, 2.45) is 5.41 Å². The molecule has 0 rings (SSSR count). The molecule has 0 aromatic rings. The van der Waals surface area contributed by atoms with Gasteiger partial charge in [-0.05, 0) is 32.1 Å². The molecule has 0 atom stereocenters. The van der Waals surface area contributed by atoms with Gasteiger partial charge in [0.15, 0.2) is 0 Å². The van der Waals surface area contributed by atoms with Crippen molar-refractivity contribution < 1.29 is 4.74 Å². The Morgan fingerprint density at radius 1 is 1.00 bits per heavy atom. The molecule has 0 unspecified atom stereocenters. The third-order valence-electron chi connectivity index (χ3n) is 2.91. The van der Waals surface area contributed by atoms with E-state index in [1.165, 1.54) is 12.8 Å². The first-order valence-electron chi connectivity index (χ1n) is 4.88. The summed E-state index contributed by atoms with van der Waals surface area (Å²) in [7, 11) is 1.79. The van der Waals surface area contributed by atoms with Crippen LogP contribution in [0, 0.1) is 5.41 Å². The molecule has 0 aromatic heterocycles. The topological polar surface area (TPSA) is 9.23 Å². The quantitative estimate of drug-likeness (QED) is 0.615. The van der Waals surface area contributed by atoms with E-state index >= 15 is 0 Å². The van der Waals surface area contributed by atoms with Crippen LogP contribution in [0.3, 0.4) is 0 Å². The van der Waals surface area contributed by atoms with Gasteiger partial charge in [-0.3, -0.25) is 0 Å². The first kappa shape index (κ1) is 12.0. The zero-order chi connectivity index (χ0) is 9.83. The average Bonchev–Trinajstić information content (AvgIpc) is 2.02. The van der Waals surface area contributed by atoms with Crippen LogP contribution in [0.15, 0.2) is 0 Å². The molecular weight excluding hydrogens is 148 g/mol. The van der Waals surface area contributed by atoms with Crippen LogP contribution in [0.4, 0.5) is 0 Å². The predicted molar refractivity (Wildman–Crippen MR) is 54.4 cm³/mol. The summed E-state index contributed by atoms with van der Waals surface area (Å²) in [5, 5.41) is 0. The average molecular weight is 172 g/mol. The fraction of sp³-hybridized carbons (Fsp3) is 1.00. The molecule has 12 heavy (non-hydrogen) atoms. The van der Waals surface area contributed by atoms with Crippen molar-refractivity contribution in [2.45, 2.75) is 59.5 Å². The lowest BCUT2D eigenvalue weighted by Crippen LogP contribution is -2.25. The SMILES string of the molecule is CCC(C)(C)CCC(C)(C)OC. The van der Waals surface area contributed by atoms with E-state index in [4.69, 9.17) is 4.74 Å². The van der Waals surface area contributed by atoms with Crippen molar-refractivity contribution in [3.63, 3.8) is 0 Å². The van der Waals surface area contributed by atoms with Crippen LogP contribution in [0.25, 0.3) is 0 Å². The molecule has 0 amide bonds. The Bertz CT molecular complexity index is 109. The molecule has 0 N–H and O–H groups in total. The molecule has 0 aliphatic rings. The minimum atomic E-state index is 0.0481. The molecule has 0 bridgehead atoms. The molecule has 0 aliphatic heterocycles. The summed E-state index contributed by atoms with van der Waals surface area (Å²) in [5.74, 6) is 0. The van der Waals surface area contributed by atoms with Gasteiger partial charge in [-0.1, -0.05) is 27.2 Å². The van der Waals surface area contributed by atoms with E-state index in [-0.39, 0.29) is 5.60 Å². The van der Waals surface area contributed by atoms with E-state index in [2.05, 4.69) is 34.6 Å². The van der Waals surface area contributed by atoms with Crippen LogP contribution in [0.1, 0.15) is 53.9 Å². The highest BCUT2D eigenvalue weighted by Gasteiger charge is 2.22. The van der Waals surface area contributed by atoms with Crippen molar-refractivity contribution in [1.82, 2.24) is 0 Å². The van der Waals surface area contributed by atoms with E-state index in [1.807, 2.05) is 0 Å². The lowest BCUT2D eigenvalue weighted by molar-refractivity contribution is 0.00561. The fourth-order valence-corrected chi connectivity index (χ4v) is 0.918. The molecule has 0 radical (unpaired) electrons. The molecule has 0 aliphatic carbocycles. The van der Waals surface area contributed by atoms with Crippen molar-refractivity contribution in [3.8, 4) is 0 Å². The van der Waals surface area contributed by atoms with Crippen LogP contribution >= 0.6 is 0 Å². The third kappa shape index (κ3) is 4.76. The van der Waals surface area contributed by atoms with Gasteiger partial charge in [-0.2, -0.15) is 0 Å². The maximum atomic E-state index is 5.38. The highest BCUT2D eigenvalue weighted by Crippen LogP contribution is 2.30. The second-order valence-corrected chi connectivity index (χ2v) is 4.98. The van der Waals surface area contributed by atoms with E-state index in [0.29, 0.717) is 5.41 Å². The Labute approximate surface area is 77.5 Å². The summed E-state index contributed by atoms with van der Waals surface area (Å²) in [4.78, 5) is 0. The van der Waals surface area contributed by atoms with E-state index in [1.54, 1.807) is 7.11 Å². The van der Waals surface area contributed by atoms with Crippen LogP contribution in [-0.4, -0.2) is 12.7 Å². The van der Waals surface area contributed by atoms with Gasteiger partial charge < -0.3 is 4.74 Å². The molecule has 0 spiro atoms. The molecule has 1 heteroatoms. The number of rotatable bonds is 5. The van der Waals surface area contributed by atoms with E-state index in [9.17, 15) is 0 Å². The first-order chi connectivity index (χ1) is 5.33. The van der Waals surface area contributed by atoms with Gasteiger partial charge in [0, 0.05) is 7.11 Å². The number of methoxy groups -OCH3 is 1. The Kier molecular flexibility index (Phi) is 4.25. The largest absolute Gasteiger partial charge is 0.379 e. The normalized spacial score (nSPS) is 13.5. The maximum Gasteiger partial charge on any atom is 0.0623 e. The lowest BCUT2D eigenvalue weighted by atomic mass is 9.82. The van der Waals surface area contributed by atoms with Crippen molar-refractivity contribution in [2.75, 3.05) is 7.11 Å². The summed E-state index contributed by atoms with van der Waals surface area (Å²) in [6, 6.07) is 0. The van der Waals surface area contributed by atoms with Gasteiger partial charge in [0.1, 0.15) is 0 Å². The van der Waals surface area contributed by atoms with E-state index in [0.717, 1.165) is 6.42 Å². The highest BCUT2D eigenvalue weighted by atomic mass is 16.5. The van der Waals surface area contributed by atoms with Gasteiger partial charge in [0.2, 0.25) is 0 Å². The second-order valence-electron chi connectivity index (χ2n) is 4.98. The minimum Gasteiger partial charge on any atom is -0.379 e. The maximum absolute atomic E-state index is 5.38. The molecule has 0 saturated carbocycles. The molecule has 0 saturated heterocycles. The molecule has 74 valence electrons. The van der Waals surface area contributed by atoms with Crippen molar-refractivity contribution in [3.05, 3.63) is 0 Å². The number of ether oxygens (including phenoxy) is 1. The molecule has 0 fully saturated rings. The third-order valence-corrected chi connectivity index (χ3v) is 2.91. The standard InChI is InChI=1S/C11H24O/c1-7-10(2,3)8-9-11(4,5)12-6/h7-9H2,1-6H3. The molecule has 1 nitrogen and oxygen atoms in total. The summed E-state index contributed by atoms with van der Waals surface area (Å²) in [6.45, 7) is 11.2. The zero-order valence-corrected chi connectivity index (χ0v) is 9.53. The molecule has 0 aromatic carbocycles. The second kappa shape index (κ2) is 4.27. The van der Waals surface area contributed by atoms with Crippen LogP contribution in [0.5, 0.6) is 0 Å². The monoisotopic (exact) mass is 172 g/mol. The Balaban J connectivity index is 3.82. The van der Waals surface area contributed by atoms with Gasteiger partial charge in [0.25, 0.3) is 0 Å². The van der Waals surface area contributed by atoms with E-state index < -0.39 is 0 Å². The smallest absolute Gasteiger partial charge is 0.0623 e. The first-order valence-corrected chi connectivity index (χ1v) is 4.88. The van der Waals surface area contributed by atoms with Crippen LogP contribution < -0.4 is 0 Å². The van der Waals surface area contributed by atoms with Crippen molar-refractivity contribution in [1.29, 1.82) is 0 Å². The zero-order valence-electron chi connectivity index (χ0n) is 9.53. The van der Waals surface area contributed by atoms with Gasteiger partial charge in [-0.15, -0.1) is 0 Å². The van der Waals surface area contributed by atoms with Crippen molar-refractivity contribution >= 4 is 0 Å². The Morgan fingerprint density at radius 3 is 1.83 bits per heavy atom. The summed E-state index contributed by atoms with van der Waals surface area (Å²) in [6.07, 6.45) is 3.63. The minimum absolute atomic E-state index is 0.0481. The number of hydrogen-bond acceptors (Lipinski definition) is 1. The molecule has 0 heterocycles. The Hall–Kier alpha value is -0.0400. The lowest BCUT2D eigenvalue weighted by Gasteiger charge is -2.29. The summed E-state index contributed by atoms with van der Waals surface area (Å²) >= 11 is 0. The van der Waals surface area contributed by atoms with Gasteiger partial charge in [-0.25, -0.2) is 0 Å². The number of hydrogen-bond donors (Lipinski definition) is 0. The van der Waals surface area contributed by atoms with Gasteiger partial charge in [0.05, 0.1) is 5.60 Å². The highest BCUT2D eigenvalue weighted by molar-refractivity contribution is 4.74. The predicted octanol–water partition coefficient (Wildman–Crippen LogP) is 3.63.